The van der Waals surface area contributed by atoms with Crippen LogP contribution in [0, 0.1) is 5.92 Å². The van der Waals surface area contributed by atoms with Crippen molar-refractivity contribution in [2.24, 2.45) is 11.7 Å². The summed E-state index contributed by atoms with van der Waals surface area (Å²) < 4.78 is 5.59. The number of esters is 1. The highest BCUT2D eigenvalue weighted by atomic mass is 16.5. The Hall–Kier alpha value is -3.96. The molecular formula is C29H25NO4. The topological polar surface area (TPSA) is 89.6 Å². The molecule has 34 heavy (non-hydrogen) atoms. The molecule has 0 heterocycles. The Morgan fingerprint density at radius 2 is 1.41 bits per heavy atom. The molecule has 0 unspecified atom stereocenters. The maximum Gasteiger partial charge on any atom is 0.321 e. The lowest BCUT2D eigenvalue weighted by Gasteiger charge is -2.21. The van der Waals surface area contributed by atoms with Crippen molar-refractivity contribution in [3.63, 3.8) is 0 Å². The molecule has 0 aromatic heterocycles. The molecule has 0 saturated heterocycles. The van der Waals surface area contributed by atoms with Crippen molar-refractivity contribution >= 4 is 22.7 Å². The van der Waals surface area contributed by atoms with Crippen LogP contribution in [0.2, 0.25) is 0 Å². The molecule has 0 fully saturated rings. The second-order valence-electron chi connectivity index (χ2n) is 8.72. The zero-order chi connectivity index (χ0) is 23.7. The van der Waals surface area contributed by atoms with Crippen molar-refractivity contribution in [3.05, 3.63) is 108 Å². The number of benzene rings is 4. The van der Waals surface area contributed by atoms with E-state index in [0.717, 1.165) is 38.6 Å². The molecule has 0 spiro atoms. The van der Waals surface area contributed by atoms with Gasteiger partial charge in [-0.25, -0.2) is 0 Å². The van der Waals surface area contributed by atoms with Gasteiger partial charge in [0.15, 0.2) is 5.92 Å². The largest absolute Gasteiger partial charge is 0.481 e. The summed E-state index contributed by atoms with van der Waals surface area (Å²) in [4.78, 5) is 24.9. The minimum Gasteiger partial charge on any atom is -0.481 e. The Bertz CT molecular complexity index is 1330. The fraction of sp³-hybridized carbons (Fsp3) is 0.172. The van der Waals surface area contributed by atoms with Gasteiger partial charge in [-0.15, -0.1) is 0 Å². The van der Waals surface area contributed by atoms with Crippen LogP contribution >= 0.6 is 0 Å². The SMILES string of the molecule is N[C@H](Cc1ccc2ccccc2c1)[C@H](C(=O)O)C(=O)OCC1c2ccccc2-c2ccccc21. The number of carboxylic acids is 1. The van der Waals surface area contributed by atoms with E-state index >= 15 is 0 Å². The lowest BCUT2D eigenvalue weighted by Crippen LogP contribution is -2.43. The van der Waals surface area contributed by atoms with Gasteiger partial charge >= 0.3 is 11.9 Å². The Balaban J connectivity index is 1.31. The van der Waals surface area contributed by atoms with Crippen molar-refractivity contribution in [2.75, 3.05) is 6.61 Å². The number of carbonyl (C=O) groups excluding carboxylic acids is 1. The number of carboxylic acid groups (broad SMARTS) is 1. The van der Waals surface area contributed by atoms with Crippen molar-refractivity contribution in [2.45, 2.75) is 18.4 Å². The van der Waals surface area contributed by atoms with Gasteiger partial charge in [0, 0.05) is 12.0 Å². The first-order valence-corrected chi connectivity index (χ1v) is 11.3. The molecule has 1 aliphatic carbocycles. The number of hydrogen-bond donors (Lipinski definition) is 2. The second kappa shape index (κ2) is 9.12. The van der Waals surface area contributed by atoms with Crippen molar-refractivity contribution < 1.29 is 19.4 Å². The van der Waals surface area contributed by atoms with Crippen LogP contribution in [0.4, 0.5) is 0 Å². The average molecular weight is 452 g/mol. The highest BCUT2D eigenvalue weighted by Gasteiger charge is 2.36. The van der Waals surface area contributed by atoms with Gasteiger partial charge in [0.25, 0.3) is 0 Å². The van der Waals surface area contributed by atoms with Gasteiger partial charge in [0.2, 0.25) is 0 Å². The normalized spacial score (nSPS) is 14.3. The van der Waals surface area contributed by atoms with E-state index in [4.69, 9.17) is 10.5 Å². The molecular weight excluding hydrogens is 426 g/mol. The molecule has 5 rings (SSSR count). The lowest BCUT2D eigenvalue weighted by molar-refractivity contribution is -0.159. The predicted molar refractivity (Wildman–Crippen MR) is 131 cm³/mol. The van der Waals surface area contributed by atoms with Crippen LogP contribution in [0.25, 0.3) is 21.9 Å². The number of carbonyl (C=O) groups is 2. The highest BCUT2D eigenvalue weighted by molar-refractivity contribution is 5.95. The Labute approximate surface area is 197 Å². The summed E-state index contributed by atoms with van der Waals surface area (Å²) >= 11 is 0. The minimum absolute atomic E-state index is 0.0688. The van der Waals surface area contributed by atoms with Gasteiger partial charge < -0.3 is 15.6 Å². The van der Waals surface area contributed by atoms with Crippen molar-refractivity contribution in [3.8, 4) is 11.1 Å². The summed E-state index contributed by atoms with van der Waals surface area (Å²) in [6.07, 6.45) is 0.256. The Kier molecular flexibility index (Phi) is 5.86. The van der Waals surface area contributed by atoms with Crippen LogP contribution < -0.4 is 5.73 Å². The molecule has 5 nitrogen and oxygen atoms in total. The number of fused-ring (bicyclic) bond motifs is 4. The zero-order valence-electron chi connectivity index (χ0n) is 18.6. The van der Waals surface area contributed by atoms with E-state index in [0.29, 0.717) is 0 Å². The van der Waals surface area contributed by atoms with E-state index in [9.17, 15) is 14.7 Å². The van der Waals surface area contributed by atoms with Gasteiger partial charge in [-0.1, -0.05) is 91.0 Å². The third-order valence-corrected chi connectivity index (χ3v) is 6.59. The summed E-state index contributed by atoms with van der Waals surface area (Å²) in [5.74, 6) is -3.66. The van der Waals surface area contributed by atoms with Gasteiger partial charge in [-0.05, 0) is 45.0 Å². The van der Waals surface area contributed by atoms with E-state index in [1.807, 2.05) is 78.9 Å². The van der Waals surface area contributed by atoms with Crippen LogP contribution in [-0.2, 0) is 20.7 Å². The maximum atomic E-state index is 12.9. The predicted octanol–water partition coefficient (Wildman–Crippen LogP) is 4.77. The van der Waals surface area contributed by atoms with E-state index in [-0.39, 0.29) is 18.9 Å². The van der Waals surface area contributed by atoms with Crippen LogP contribution in [0.1, 0.15) is 22.6 Å². The van der Waals surface area contributed by atoms with Crippen LogP contribution in [-0.4, -0.2) is 29.7 Å². The van der Waals surface area contributed by atoms with E-state index in [1.54, 1.807) is 0 Å². The molecule has 4 aromatic carbocycles. The molecule has 0 saturated carbocycles. The van der Waals surface area contributed by atoms with Crippen LogP contribution in [0.3, 0.4) is 0 Å². The molecule has 3 N–H and O–H groups in total. The molecule has 0 bridgehead atoms. The summed E-state index contributed by atoms with van der Waals surface area (Å²) in [7, 11) is 0. The molecule has 0 amide bonds. The van der Waals surface area contributed by atoms with Crippen molar-refractivity contribution in [1.29, 1.82) is 0 Å². The molecule has 0 radical (unpaired) electrons. The average Bonchev–Trinajstić information content (AvgIpc) is 3.16. The Morgan fingerprint density at radius 1 is 0.824 bits per heavy atom. The van der Waals surface area contributed by atoms with Gasteiger partial charge in [-0.3, -0.25) is 9.59 Å². The fourth-order valence-electron chi connectivity index (χ4n) is 4.91. The van der Waals surface area contributed by atoms with E-state index < -0.39 is 23.9 Å². The number of ether oxygens (including phenoxy) is 1. The van der Waals surface area contributed by atoms with Crippen LogP contribution in [0.15, 0.2) is 91.0 Å². The summed E-state index contributed by atoms with van der Waals surface area (Å²) in [5.41, 5.74) is 11.5. The first kappa shape index (κ1) is 21.9. The van der Waals surface area contributed by atoms with E-state index in [1.165, 1.54) is 0 Å². The van der Waals surface area contributed by atoms with Crippen LogP contribution in [0.5, 0.6) is 0 Å². The van der Waals surface area contributed by atoms with Gasteiger partial charge in [0.05, 0.1) is 0 Å². The lowest BCUT2D eigenvalue weighted by atomic mass is 9.93. The maximum absolute atomic E-state index is 12.9. The summed E-state index contributed by atoms with van der Waals surface area (Å²) in [5, 5.41) is 11.9. The smallest absolute Gasteiger partial charge is 0.321 e. The highest BCUT2D eigenvalue weighted by Crippen LogP contribution is 2.44. The Morgan fingerprint density at radius 3 is 2.06 bits per heavy atom. The fourth-order valence-corrected chi connectivity index (χ4v) is 4.91. The third kappa shape index (κ3) is 4.06. The second-order valence-corrected chi connectivity index (χ2v) is 8.72. The van der Waals surface area contributed by atoms with Crippen molar-refractivity contribution in [1.82, 2.24) is 0 Å². The van der Waals surface area contributed by atoms with E-state index in [2.05, 4.69) is 12.1 Å². The number of rotatable bonds is 7. The third-order valence-electron chi connectivity index (χ3n) is 6.59. The van der Waals surface area contributed by atoms with Gasteiger partial charge in [-0.2, -0.15) is 0 Å². The number of nitrogens with two attached hydrogens (primary N) is 1. The standard InChI is InChI=1S/C29H25NO4/c30-26(16-18-13-14-19-7-1-2-8-20(19)15-18)27(28(31)32)29(33)34-17-25-23-11-5-3-9-21(23)22-10-4-6-12-24(22)25/h1-15,25-27H,16-17,30H2,(H,31,32)/t26-,27-/m1/s1. The first-order valence-electron chi connectivity index (χ1n) is 11.3. The molecule has 170 valence electrons. The zero-order valence-corrected chi connectivity index (χ0v) is 18.6. The first-order chi connectivity index (χ1) is 16.5. The monoisotopic (exact) mass is 451 g/mol. The number of aliphatic carboxylic acids is 1. The summed E-state index contributed by atoms with van der Waals surface area (Å²) in [6.45, 7) is 0.0688. The molecule has 4 aromatic rings. The molecule has 5 heteroatoms. The molecule has 1 aliphatic rings. The number of hydrogen-bond acceptors (Lipinski definition) is 4. The molecule has 0 aliphatic heterocycles. The minimum atomic E-state index is -1.45. The quantitative estimate of drug-likeness (QED) is 0.312. The molecule has 2 atom stereocenters. The summed E-state index contributed by atoms with van der Waals surface area (Å²) in [6, 6.07) is 28.9. The van der Waals surface area contributed by atoms with Gasteiger partial charge in [0.1, 0.15) is 6.61 Å².